The fraction of sp³-hybridized carbons (Fsp3) is 0.613. The summed E-state index contributed by atoms with van der Waals surface area (Å²) in [4.78, 5) is 56.2. The van der Waals surface area contributed by atoms with Crippen LogP contribution in [0.4, 0.5) is 10.5 Å². The highest BCUT2D eigenvalue weighted by Crippen LogP contribution is 2.34. The standard InChI is InChI=1S/C31H47N3O6/c1-12-39-28(37)20(4)17-23(19(2)3)33(11)27(36)25(30(5,6)7)32-26(35)24-18-21-15-13-14-16-22(21)34(24)29(38)40-31(8,9)10/h13-17,19,23-25H,12,18H2,1-11H3,(H,32,35)/b20-17+/t23-,24+,25-/m1/s1. The average molecular weight is 558 g/mol. The van der Waals surface area contributed by atoms with E-state index in [2.05, 4.69) is 5.32 Å². The van der Waals surface area contributed by atoms with Crippen LogP contribution in [0.5, 0.6) is 0 Å². The molecule has 40 heavy (non-hydrogen) atoms. The van der Waals surface area contributed by atoms with Crippen LogP contribution in [0.25, 0.3) is 0 Å². The fourth-order valence-electron chi connectivity index (χ4n) is 4.69. The second-order valence-electron chi connectivity index (χ2n) is 12.8. The van der Waals surface area contributed by atoms with Gasteiger partial charge in [0.25, 0.3) is 0 Å². The van der Waals surface area contributed by atoms with E-state index in [0.717, 1.165) is 5.56 Å². The summed E-state index contributed by atoms with van der Waals surface area (Å²) in [5.41, 5.74) is 0.484. The first-order chi connectivity index (χ1) is 18.4. The predicted molar refractivity (Wildman–Crippen MR) is 156 cm³/mol. The normalized spacial score (nSPS) is 17.1. The summed E-state index contributed by atoms with van der Waals surface area (Å²) in [5.74, 6) is -1.19. The Morgan fingerprint density at radius 3 is 2.23 bits per heavy atom. The van der Waals surface area contributed by atoms with Gasteiger partial charge in [-0.25, -0.2) is 9.59 Å². The zero-order chi connectivity index (χ0) is 30.6. The SMILES string of the molecule is CCOC(=O)/C(C)=C/[C@H](C(C)C)N(C)C(=O)[C@@H](NC(=O)[C@@H]1Cc2ccccc2N1C(=O)OC(C)(C)C)C(C)(C)C. The second kappa shape index (κ2) is 12.9. The summed E-state index contributed by atoms with van der Waals surface area (Å²) >= 11 is 0. The number of para-hydroxylation sites is 1. The number of carbonyl (C=O) groups excluding carboxylic acids is 4. The molecule has 3 atom stereocenters. The number of likely N-dealkylation sites (N-methyl/N-ethyl adjacent to an activating group) is 1. The molecule has 1 aliphatic rings. The van der Waals surface area contributed by atoms with Crippen LogP contribution in [0.2, 0.25) is 0 Å². The Balaban J connectivity index is 2.38. The summed E-state index contributed by atoms with van der Waals surface area (Å²) in [6, 6.07) is 5.16. The van der Waals surface area contributed by atoms with E-state index in [1.807, 2.05) is 52.8 Å². The zero-order valence-corrected chi connectivity index (χ0v) is 26.0. The molecule has 1 aliphatic heterocycles. The van der Waals surface area contributed by atoms with Crippen molar-refractivity contribution in [3.8, 4) is 0 Å². The van der Waals surface area contributed by atoms with E-state index in [1.165, 1.54) is 4.90 Å². The lowest BCUT2D eigenvalue weighted by Gasteiger charge is -2.38. The molecule has 0 aliphatic carbocycles. The molecule has 1 heterocycles. The summed E-state index contributed by atoms with van der Waals surface area (Å²) in [6.45, 7) is 18.5. The van der Waals surface area contributed by atoms with Crippen molar-refractivity contribution in [2.45, 2.75) is 99.4 Å². The van der Waals surface area contributed by atoms with Gasteiger partial charge in [0.2, 0.25) is 11.8 Å². The Kier molecular flexibility index (Phi) is 10.6. The molecule has 0 bridgehead atoms. The number of benzene rings is 1. The van der Waals surface area contributed by atoms with Gasteiger partial charge >= 0.3 is 12.1 Å². The van der Waals surface area contributed by atoms with Gasteiger partial charge in [-0.1, -0.05) is 58.9 Å². The van der Waals surface area contributed by atoms with Crippen LogP contribution in [0.1, 0.15) is 74.8 Å². The number of esters is 1. The third-order valence-corrected chi connectivity index (χ3v) is 6.76. The third kappa shape index (κ3) is 8.08. The van der Waals surface area contributed by atoms with Crippen molar-refractivity contribution in [2.24, 2.45) is 11.3 Å². The van der Waals surface area contributed by atoms with Crippen molar-refractivity contribution < 1.29 is 28.7 Å². The monoisotopic (exact) mass is 557 g/mol. The minimum absolute atomic E-state index is 0.0124. The van der Waals surface area contributed by atoms with E-state index < -0.39 is 47.1 Å². The Hall–Kier alpha value is -3.36. The quantitative estimate of drug-likeness (QED) is 0.361. The number of nitrogens with zero attached hydrogens (tertiary/aromatic N) is 2. The minimum Gasteiger partial charge on any atom is -0.463 e. The molecule has 0 radical (unpaired) electrons. The van der Waals surface area contributed by atoms with E-state index >= 15 is 0 Å². The highest BCUT2D eigenvalue weighted by Gasteiger charge is 2.44. The van der Waals surface area contributed by atoms with E-state index in [9.17, 15) is 19.2 Å². The van der Waals surface area contributed by atoms with E-state index in [0.29, 0.717) is 17.7 Å². The lowest BCUT2D eigenvalue weighted by molar-refractivity contribution is -0.140. The number of hydrogen-bond donors (Lipinski definition) is 1. The molecule has 0 spiro atoms. The third-order valence-electron chi connectivity index (χ3n) is 6.76. The molecule has 0 aromatic heterocycles. The van der Waals surface area contributed by atoms with Crippen LogP contribution < -0.4 is 10.2 Å². The fourth-order valence-corrected chi connectivity index (χ4v) is 4.69. The largest absolute Gasteiger partial charge is 0.463 e. The van der Waals surface area contributed by atoms with Gasteiger partial charge in [-0.05, 0) is 57.6 Å². The molecule has 3 amide bonds. The number of fused-ring (bicyclic) bond motifs is 1. The maximum Gasteiger partial charge on any atom is 0.415 e. The van der Waals surface area contributed by atoms with Gasteiger partial charge in [0, 0.05) is 19.0 Å². The molecule has 1 aromatic carbocycles. The highest BCUT2D eigenvalue weighted by molar-refractivity contribution is 6.02. The van der Waals surface area contributed by atoms with Gasteiger partial charge in [-0.2, -0.15) is 0 Å². The average Bonchev–Trinajstić information content (AvgIpc) is 3.23. The van der Waals surface area contributed by atoms with E-state index in [-0.39, 0.29) is 18.4 Å². The van der Waals surface area contributed by atoms with Gasteiger partial charge < -0.3 is 19.7 Å². The van der Waals surface area contributed by atoms with Gasteiger partial charge in [-0.15, -0.1) is 0 Å². The second-order valence-corrected chi connectivity index (χ2v) is 12.8. The van der Waals surface area contributed by atoms with Crippen LogP contribution in [0.15, 0.2) is 35.9 Å². The number of rotatable bonds is 8. The first-order valence-electron chi connectivity index (χ1n) is 13.9. The molecule has 9 heteroatoms. The van der Waals surface area contributed by atoms with Crippen molar-refractivity contribution in [1.82, 2.24) is 10.2 Å². The van der Waals surface area contributed by atoms with Gasteiger partial charge in [0.05, 0.1) is 18.3 Å². The Morgan fingerprint density at radius 1 is 1.10 bits per heavy atom. The Morgan fingerprint density at radius 2 is 1.70 bits per heavy atom. The van der Waals surface area contributed by atoms with Crippen molar-refractivity contribution in [3.63, 3.8) is 0 Å². The van der Waals surface area contributed by atoms with Crippen LogP contribution >= 0.6 is 0 Å². The number of hydrogen-bond acceptors (Lipinski definition) is 6. The zero-order valence-electron chi connectivity index (χ0n) is 26.0. The van der Waals surface area contributed by atoms with Crippen LogP contribution in [-0.4, -0.2) is 66.2 Å². The topological polar surface area (TPSA) is 105 Å². The van der Waals surface area contributed by atoms with E-state index in [4.69, 9.17) is 9.47 Å². The van der Waals surface area contributed by atoms with E-state index in [1.54, 1.807) is 58.7 Å². The first kappa shape index (κ1) is 32.8. The number of nitrogens with one attached hydrogen (secondary N) is 1. The molecule has 9 nitrogen and oxygen atoms in total. The molecule has 0 saturated heterocycles. The smallest absolute Gasteiger partial charge is 0.415 e. The lowest BCUT2D eigenvalue weighted by Crippen LogP contribution is -2.60. The number of ether oxygens (including phenoxy) is 2. The molecule has 1 aromatic rings. The molecule has 1 N–H and O–H groups in total. The first-order valence-corrected chi connectivity index (χ1v) is 13.9. The molecule has 0 saturated carbocycles. The molecular weight excluding hydrogens is 510 g/mol. The molecule has 0 unspecified atom stereocenters. The number of anilines is 1. The highest BCUT2D eigenvalue weighted by atomic mass is 16.6. The maximum atomic E-state index is 13.9. The van der Waals surface area contributed by atoms with Gasteiger partial charge in [0.15, 0.2) is 0 Å². The Bertz CT molecular complexity index is 1130. The summed E-state index contributed by atoms with van der Waals surface area (Å²) in [5, 5.41) is 2.96. The van der Waals surface area contributed by atoms with Crippen LogP contribution in [-0.2, 0) is 30.3 Å². The number of carbonyl (C=O) groups is 4. The van der Waals surface area contributed by atoms with Gasteiger partial charge in [-0.3, -0.25) is 14.5 Å². The van der Waals surface area contributed by atoms with Crippen LogP contribution in [0.3, 0.4) is 0 Å². The number of amides is 3. The van der Waals surface area contributed by atoms with Crippen molar-refractivity contribution in [2.75, 3.05) is 18.6 Å². The molecule has 0 fully saturated rings. The summed E-state index contributed by atoms with van der Waals surface area (Å²) in [7, 11) is 1.67. The maximum absolute atomic E-state index is 13.9. The summed E-state index contributed by atoms with van der Waals surface area (Å²) < 4.78 is 10.7. The van der Waals surface area contributed by atoms with Gasteiger partial charge in [0.1, 0.15) is 17.7 Å². The summed E-state index contributed by atoms with van der Waals surface area (Å²) in [6.07, 6.45) is 1.42. The Labute approximate surface area is 239 Å². The van der Waals surface area contributed by atoms with Crippen LogP contribution in [0, 0.1) is 11.3 Å². The minimum atomic E-state index is -0.897. The van der Waals surface area contributed by atoms with Crippen molar-refractivity contribution in [1.29, 1.82) is 0 Å². The molecule has 2 rings (SSSR count). The molecular formula is C31H47N3O6. The predicted octanol–water partition coefficient (Wildman–Crippen LogP) is 4.88. The van der Waals surface area contributed by atoms with Crippen molar-refractivity contribution >= 4 is 29.6 Å². The lowest BCUT2D eigenvalue weighted by atomic mass is 9.84. The van der Waals surface area contributed by atoms with Crippen molar-refractivity contribution in [3.05, 3.63) is 41.5 Å². The molecule has 222 valence electrons.